The fourth-order valence-electron chi connectivity index (χ4n) is 23.6. The fourth-order valence-corrected chi connectivity index (χ4v) is 23.6. The van der Waals surface area contributed by atoms with Gasteiger partial charge in [-0.3, -0.25) is 0 Å². The highest BCUT2D eigenvalue weighted by atomic mass is 16.5. The highest BCUT2D eigenvalue weighted by molar-refractivity contribution is 5.51. The minimum atomic E-state index is 0.507. The van der Waals surface area contributed by atoms with Crippen molar-refractivity contribution < 1.29 is 4.74 Å². The number of ether oxygens (including phenoxy) is 1. The number of allylic oxidation sites excluding steroid dienone is 6. The van der Waals surface area contributed by atoms with Gasteiger partial charge in [0.05, 0.1) is 0 Å². The highest BCUT2D eigenvalue weighted by Gasteiger charge is 2.85. The zero-order valence-electron chi connectivity index (χ0n) is 29.8. The molecule has 1 aromatic carbocycles. The quantitative estimate of drug-likeness (QED) is 0.325. The van der Waals surface area contributed by atoms with Gasteiger partial charge in [0, 0.05) is 6.04 Å². The van der Waals surface area contributed by atoms with Gasteiger partial charge in [-0.05, 0) is 216 Å². The predicted octanol–water partition coefficient (Wildman–Crippen LogP) is 8.32. The summed E-state index contributed by atoms with van der Waals surface area (Å²) in [5.41, 5.74) is 6.10. The molecule has 1 aliphatic heterocycles. The number of hydrogen-bond acceptors (Lipinski definition) is 2. The van der Waals surface area contributed by atoms with E-state index >= 15 is 0 Å². The van der Waals surface area contributed by atoms with Gasteiger partial charge in [0.15, 0.2) is 0 Å². The van der Waals surface area contributed by atoms with E-state index in [1.807, 2.05) is 6.08 Å². The second-order valence-electron chi connectivity index (χ2n) is 22.3. The summed E-state index contributed by atoms with van der Waals surface area (Å²) in [6.45, 7) is 5.74. The van der Waals surface area contributed by atoms with E-state index < -0.39 is 0 Å². The Balaban J connectivity index is 0.925. The van der Waals surface area contributed by atoms with Gasteiger partial charge in [0.25, 0.3) is 0 Å². The lowest BCUT2D eigenvalue weighted by atomic mass is 9.43. The zero-order valence-corrected chi connectivity index (χ0v) is 29.8. The Morgan fingerprint density at radius 3 is 2.04 bits per heavy atom. The van der Waals surface area contributed by atoms with Crippen molar-refractivity contribution in [3.05, 3.63) is 77.9 Å². The molecule has 0 radical (unpaired) electrons. The molecule has 2 nitrogen and oxygen atoms in total. The molecule has 1 heterocycles. The lowest BCUT2D eigenvalue weighted by Crippen LogP contribution is -2.57. The van der Waals surface area contributed by atoms with Gasteiger partial charge in [-0.25, -0.2) is 0 Å². The molecule has 28 unspecified atom stereocenters. The number of benzene rings is 1. The zero-order chi connectivity index (χ0) is 32.1. The van der Waals surface area contributed by atoms with Crippen molar-refractivity contribution in [2.45, 2.75) is 31.7 Å². The third-order valence-electron chi connectivity index (χ3n) is 22.9. The van der Waals surface area contributed by atoms with Gasteiger partial charge in [0.2, 0.25) is 0 Å². The minimum Gasteiger partial charge on any atom is -0.490 e. The Kier molecular flexibility index (Phi) is 4.25. The molecule has 51 heavy (non-hydrogen) atoms. The summed E-state index contributed by atoms with van der Waals surface area (Å²) >= 11 is 0. The van der Waals surface area contributed by atoms with Crippen LogP contribution in [0.5, 0.6) is 5.75 Å². The Labute approximate surface area is 303 Å². The lowest BCUT2D eigenvalue weighted by Gasteiger charge is -2.60. The van der Waals surface area contributed by atoms with Crippen LogP contribution < -0.4 is 10.1 Å². The molecule has 0 spiro atoms. The average molecular weight is 672 g/mol. The van der Waals surface area contributed by atoms with Crippen LogP contribution in [0.3, 0.4) is 0 Å². The Morgan fingerprint density at radius 2 is 1.18 bits per heavy atom. The standard InChI is InChI=1S/C49H53NO/c1-2-13-51-19-6-3-17(4-7-19)49-39-28(16-50-49)27-15-26-25-14-18-5-8-20-21-9-10-22-23-11-12-24-34-33(23)41-32(22)31(21)40-30(20)29(18)36(25)44-45-37(26)38(27)42(35(24)39)43(34)48(45)47(41)46(40)44/h2-8,11-12,18,20-42,44-47,49-50H,1,9-10,13-16H2/t18?,20?,21?,22?,23?,24?,25?,26?,27?,28?,29-,30?,31?,32?,33?,34?,35?,36?,37?,38?,39?,40?,41?,42?,44?,45?,46?,47?,49?/m0/s1. The van der Waals surface area contributed by atoms with Crippen LogP contribution in [0.1, 0.15) is 37.3 Å². The number of rotatable bonds is 4. The van der Waals surface area contributed by atoms with E-state index in [0.29, 0.717) is 12.6 Å². The lowest BCUT2D eigenvalue weighted by molar-refractivity contribution is -0.138. The van der Waals surface area contributed by atoms with E-state index in [9.17, 15) is 0 Å². The molecular formula is C49H53NO. The largest absolute Gasteiger partial charge is 0.490 e. The van der Waals surface area contributed by atoms with E-state index in [2.05, 4.69) is 71.6 Å². The van der Waals surface area contributed by atoms with Crippen LogP contribution in [0.2, 0.25) is 0 Å². The molecule has 260 valence electrons. The van der Waals surface area contributed by atoms with Gasteiger partial charge >= 0.3 is 0 Å². The summed E-state index contributed by atoms with van der Waals surface area (Å²) < 4.78 is 5.99. The predicted molar refractivity (Wildman–Crippen MR) is 194 cm³/mol. The third-order valence-corrected chi connectivity index (χ3v) is 22.9. The van der Waals surface area contributed by atoms with Gasteiger partial charge in [-0.2, -0.15) is 0 Å². The molecule has 12 fully saturated rings. The first kappa shape index (κ1) is 26.7. The maximum Gasteiger partial charge on any atom is 0.119 e. The molecule has 16 aliphatic rings. The van der Waals surface area contributed by atoms with Crippen molar-refractivity contribution in [3.63, 3.8) is 0 Å². The fraction of sp³-hybridized carbons (Fsp3) is 0.714. The summed E-state index contributed by atoms with van der Waals surface area (Å²) in [6, 6.07) is 9.92. The summed E-state index contributed by atoms with van der Waals surface area (Å²) in [5, 5.41) is 4.33. The van der Waals surface area contributed by atoms with Crippen molar-refractivity contribution in [2.24, 2.45) is 166 Å². The highest BCUT2D eigenvalue weighted by Crippen LogP contribution is 2.90. The molecular weight excluding hydrogens is 619 g/mol. The smallest absolute Gasteiger partial charge is 0.119 e. The van der Waals surface area contributed by atoms with Crippen LogP contribution in [0, 0.1) is 166 Å². The Hall–Kier alpha value is -2.06. The molecule has 0 amide bonds. The van der Waals surface area contributed by atoms with Crippen molar-refractivity contribution >= 4 is 0 Å². The van der Waals surface area contributed by atoms with Crippen LogP contribution >= 0.6 is 0 Å². The normalized spacial score (nSPS) is 68.8. The van der Waals surface area contributed by atoms with Gasteiger partial charge in [-0.1, -0.05) is 60.2 Å². The molecule has 15 aliphatic carbocycles. The van der Waals surface area contributed by atoms with E-state index in [-0.39, 0.29) is 0 Å². The van der Waals surface area contributed by atoms with Crippen molar-refractivity contribution in [3.8, 4) is 5.75 Å². The molecule has 1 N–H and O–H groups in total. The molecule has 0 bridgehead atoms. The van der Waals surface area contributed by atoms with Crippen molar-refractivity contribution in [1.29, 1.82) is 0 Å². The first-order valence-electron chi connectivity index (χ1n) is 22.5. The maximum atomic E-state index is 5.99. The number of fused-ring (bicyclic) bond motifs is 7. The second kappa shape index (κ2) is 8.14. The molecule has 11 saturated carbocycles. The summed E-state index contributed by atoms with van der Waals surface area (Å²) in [5.74, 6) is 29.2. The summed E-state index contributed by atoms with van der Waals surface area (Å²) in [6.07, 6.45) is 20.1. The molecule has 1 saturated heterocycles. The van der Waals surface area contributed by atoms with Gasteiger partial charge < -0.3 is 10.1 Å². The summed E-state index contributed by atoms with van der Waals surface area (Å²) in [4.78, 5) is 0. The maximum absolute atomic E-state index is 5.99. The minimum absolute atomic E-state index is 0.507. The topological polar surface area (TPSA) is 21.3 Å². The van der Waals surface area contributed by atoms with Crippen molar-refractivity contribution in [1.82, 2.24) is 5.32 Å². The molecule has 0 aromatic heterocycles. The van der Waals surface area contributed by atoms with Crippen LogP contribution in [-0.2, 0) is 0 Å². The van der Waals surface area contributed by atoms with Crippen molar-refractivity contribution in [2.75, 3.05) is 13.2 Å². The Morgan fingerprint density at radius 1 is 0.549 bits per heavy atom. The molecule has 17 rings (SSSR count). The van der Waals surface area contributed by atoms with E-state index in [4.69, 9.17) is 4.74 Å². The third kappa shape index (κ3) is 2.43. The van der Waals surface area contributed by atoms with E-state index in [1.54, 1.807) is 31.2 Å². The van der Waals surface area contributed by atoms with Crippen LogP contribution in [0.15, 0.2) is 72.4 Å². The Bertz CT molecular complexity index is 1970. The first-order valence-corrected chi connectivity index (χ1v) is 22.5. The molecule has 2 heteroatoms. The number of nitrogens with one attached hydrogen (secondary N) is 1. The first-order chi connectivity index (χ1) is 25.3. The molecule has 1 aromatic rings. The second-order valence-corrected chi connectivity index (χ2v) is 22.3. The summed E-state index contributed by atoms with van der Waals surface area (Å²) in [7, 11) is 0. The van der Waals surface area contributed by atoms with E-state index in [1.165, 1.54) is 6.54 Å². The van der Waals surface area contributed by atoms with Gasteiger partial charge in [-0.15, -0.1) is 0 Å². The van der Waals surface area contributed by atoms with E-state index in [0.717, 1.165) is 171 Å². The number of hydrogen-bond donors (Lipinski definition) is 1. The SMILES string of the molecule is C=CCOc1ccc(C2NCC3C4CC5C6CC7C=CC8C9CCC%10C%11C=CC%12C%13C%14=C%15C%16C(C%11%13)C%10C9C9C%16C(C%15C5C4C%14C%12C23)C6[C@@H]7C89)cc1. The average Bonchev–Trinajstić information content (AvgIpc) is 4.01. The van der Waals surface area contributed by atoms with Gasteiger partial charge in [0.1, 0.15) is 12.4 Å². The monoisotopic (exact) mass is 671 g/mol. The van der Waals surface area contributed by atoms with Crippen LogP contribution in [-0.4, -0.2) is 13.2 Å². The van der Waals surface area contributed by atoms with Crippen LogP contribution in [0.25, 0.3) is 0 Å². The molecule has 29 atom stereocenters. The van der Waals surface area contributed by atoms with Crippen LogP contribution in [0.4, 0.5) is 0 Å².